The number of aromatic nitrogens is 1. The first-order valence-electron chi connectivity index (χ1n) is 10.4. The van der Waals surface area contributed by atoms with E-state index in [4.69, 9.17) is 4.74 Å². The molecular formula is C25H26N2O3. The SMILES string of the molecule is CC(=O)/C=C/c1ccc2[nH]cc(C[C@H]3CCCN3C(=O)OCc3ccccc3)c2c1. The first-order valence-corrected chi connectivity index (χ1v) is 10.4. The molecule has 3 aromatic rings. The molecule has 0 spiro atoms. The molecule has 1 aromatic heterocycles. The topological polar surface area (TPSA) is 62.4 Å². The van der Waals surface area contributed by atoms with Crippen molar-refractivity contribution < 1.29 is 14.3 Å². The highest BCUT2D eigenvalue weighted by atomic mass is 16.6. The lowest BCUT2D eigenvalue weighted by atomic mass is 10.0. The maximum atomic E-state index is 12.7. The van der Waals surface area contributed by atoms with Crippen LogP contribution in [0.4, 0.5) is 4.79 Å². The average Bonchev–Trinajstić information content (AvgIpc) is 3.38. The van der Waals surface area contributed by atoms with Crippen molar-refractivity contribution in [1.29, 1.82) is 0 Å². The molecule has 0 bridgehead atoms. The van der Waals surface area contributed by atoms with Crippen molar-refractivity contribution in [3.63, 3.8) is 0 Å². The van der Waals surface area contributed by atoms with E-state index in [-0.39, 0.29) is 17.9 Å². The van der Waals surface area contributed by atoms with E-state index in [0.717, 1.165) is 47.8 Å². The summed E-state index contributed by atoms with van der Waals surface area (Å²) >= 11 is 0. The molecule has 30 heavy (non-hydrogen) atoms. The molecule has 1 aliphatic heterocycles. The second kappa shape index (κ2) is 8.99. The first-order chi connectivity index (χ1) is 14.6. The third-order valence-corrected chi connectivity index (χ3v) is 5.57. The minimum absolute atomic E-state index is 0.0278. The van der Waals surface area contributed by atoms with Crippen molar-refractivity contribution in [3.8, 4) is 0 Å². The third kappa shape index (κ3) is 4.62. The number of benzene rings is 2. The Morgan fingerprint density at radius 3 is 2.83 bits per heavy atom. The summed E-state index contributed by atoms with van der Waals surface area (Å²) < 4.78 is 5.56. The van der Waals surface area contributed by atoms with Crippen molar-refractivity contribution in [1.82, 2.24) is 9.88 Å². The zero-order chi connectivity index (χ0) is 20.9. The Kier molecular flexibility index (Phi) is 5.98. The smallest absolute Gasteiger partial charge is 0.410 e. The predicted molar refractivity (Wildman–Crippen MR) is 118 cm³/mol. The number of amides is 1. The van der Waals surface area contributed by atoms with Gasteiger partial charge in [-0.1, -0.05) is 42.5 Å². The minimum Gasteiger partial charge on any atom is -0.445 e. The van der Waals surface area contributed by atoms with Gasteiger partial charge < -0.3 is 14.6 Å². The van der Waals surface area contributed by atoms with E-state index in [0.29, 0.717) is 6.61 Å². The van der Waals surface area contributed by atoms with Gasteiger partial charge in [-0.3, -0.25) is 4.79 Å². The van der Waals surface area contributed by atoms with E-state index in [9.17, 15) is 9.59 Å². The molecule has 1 N–H and O–H groups in total. The maximum absolute atomic E-state index is 12.7. The van der Waals surface area contributed by atoms with Crippen LogP contribution in [0, 0.1) is 0 Å². The molecule has 2 heterocycles. The van der Waals surface area contributed by atoms with Crippen LogP contribution < -0.4 is 0 Å². The lowest BCUT2D eigenvalue weighted by Gasteiger charge is -2.24. The Morgan fingerprint density at radius 1 is 1.20 bits per heavy atom. The normalized spacial score (nSPS) is 16.4. The molecule has 0 unspecified atom stereocenters. The summed E-state index contributed by atoms with van der Waals surface area (Å²) in [4.78, 5) is 29.1. The van der Waals surface area contributed by atoms with E-state index in [1.54, 1.807) is 13.0 Å². The van der Waals surface area contributed by atoms with Gasteiger partial charge in [-0.25, -0.2) is 4.79 Å². The summed E-state index contributed by atoms with van der Waals surface area (Å²) in [6.07, 6.45) is 7.93. The Hall–Kier alpha value is -3.34. The molecule has 0 saturated carbocycles. The fourth-order valence-electron chi connectivity index (χ4n) is 4.03. The molecule has 0 radical (unpaired) electrons. The van der Waals surface area contributed by atoms with Crippen LogP contribution in [0.1, 0.15) is 36.5 Å². The fraction of sp³-hybridized carbons (Fsp3) is 0.280. The van der Waals surface area contributed by atoms with Crippen LogP contribution >= 0.6 is 0 Å². The zero-order valence-electron chi connectivity index (χ0n) is 17.1. The van der Waals surface area contributed by atoms with Crippen LogP contribution in [0.25, 0.3) is 17.0 Å². The number of nitrogens with one attached hydrogen (secondary N) is 1. The van der Waals surface area contributed by atoms with Gasteiger partial charge in [0, 0.05) is 29.7 Å². The van der Waals surface area contributed by atoms with E-state index in [2.05, 4.69) is 11.1 Å². The Labute approximate surface area is 176 Å². The molecule has 4 rings (SSSR count). The molecular weight excluding hydrogens is 376 g/mol. The second-order valence-electron chi connectivity index (χ2n) is 7.80. The summed E-state index contributed by atoms with van der Waals surface area (Å²) in [5.41, 5.74) is 4.21. The number of carbonyl (C=O) groups excluding carboxylic acids is 2. The molecule has 1 aliphatic rings. The molecule has 0 aliphatic carbocycles. The molecule has 1 amide bonds. The largest absolute Gasteiger partial charge is 0.445 e. The quantitative estimate of drug-likeness (QED) is 0.583. The van der Waals surface area contributed by atoms with Gasteiger partial charge in [-0.2, -0.15) is 0 Å². The third-order valence-electron chi connectivity index (χ3n) is 5.57. The summed E-state index contributed by atoms with van der Waals surface area (Å²) in [7, 11) is 0. The van der Waals surface area contributed by atoms with Gasteiger partial charge >= 0.3 is 6.09 Å². The second-order valence-corrected chi connectivity index (χ2v) is 7.80. The Bertz CT molecular complexity index is 1070. The fourth-order valence-corrected chi connectivity index (χ4v) is 4.03. The number of nitrogens with zero attached hydrogens (tertiary/aromatic N) is 1. The monoisotopic (exact) mass is 402 g/mol. The zero-order valence-corrected chi connectivity index (χ0v) is 17.1. The van der Waals surface area contributed by atoms with E-state index < -0.39 is 0 Å². The van der Waals surface area contributed by atoms with Gasteiger partial charge in [0.1, 0.15) is 6.61 Å². The molecule has 1 saturated heterocycles. The Morgan fingerprint density at radius 2 is 2.03 bits per heavy atom. The number of H-pyrrole nitrogens is 1. The highest BCUT2D eigenvalue weighted by molar-refractivity contribution is 5.93. The van der Waals surface area contributed by atoms with Crippen LogP contribution in [-0.4, -0.2) is 34.3 Å². The van der Waals surface area contributed by atoms with Crippen LogP contribution in [0.15, 0.2) is 60.8 Å². The van der Waals surface area contributed by atoms with Crippen molar-refractivity contribution >= 4 is 28.9 Å². The van der Waals surface area contributed by atoms with Crippen molar-refractivity contribution in [2.45, 2.75) is 38.8 Å². The summed E-state index contributed by atoms with van der Waals surface area (Å²) in [6.45, 7) is 2.57. The number of allylic oxidation sites excluding steroid dienone is 1. The van der Waals surface area contributed by atoms with Gasteiger partial charge in [0.25, 0.3) is 0 Å². The van der Waals surface area contributed by atoms with Gasteiger partial charge in [-0.15, -0.1) is 0 Å². The van der Waals surface area contributed by atoms with Crippen molar-refractivity contribution in [2.75, 3.05) is 6.54 Å². The van der Waals surface area contributed by atoms with Crippen LogP contribution in [-0.2, 0) is 22.6 Å². The molecule has 5 heteroatoms. The summed E-state index contributed by atoms with van der Waals surface area (Å²) in [5, 5.41) is 1.13. The van der Waals surface area contributed by atoms with Crippen molar-refractivity contribution in [3.05, 3.63) is 77.5 Å². The number of rotatable bonds is 6. The Balaban J connectivity index is 1.46. The number of hydrogen-bond acceptors (Lipinski definition) is 3. The van der Waals surface area contributed by atoms with Gasteiger partial charge in [0.2, 0.25) is 0 Å². The molecule has 154 valence electrons. The summed E-state index contributed by atoms with van der Waals surface area (Å²) in [6, 6.07) is 16.0. The number of likely N-dealkylation sites (tertiary alicyclic amines) is 1. The van der Waals surface area contributed by atoms with Crippen LogP contribution in [0.5, 0.6) is 0 Å². The first kappa shape index (κ1) is 20.0. The number of hydrogen-bond donors (Lipinski definition) is 1. The van der Waals surface area contributed by atoms with E-state index >= 15 is 0 Å². The van der Waals surface area contributed by atoms with Gasteiger partial charge in [-0.05, 0) is 61.1 Å². The predicted octanol–water partition coefficient (Wildman–Crippen LogP) is 5.11. The van der Waals surface area contributed by atoms with Crippen LogP contribution in [0.3, 0.4) is 0 Å². The number of fused-ring (bicyclic) bond motifs is 1. The van der Waals surface area contributed by atoms with Crippen LogP contribution in [0.2, 0.25) is 0 Å². The highest BCUT2D eigenvalue weighted by Crippen LogP contribution is 2.27. The lowest BCUT2D eigenvalue weighted by Crippen LogP contribution is -2.37. The van der Waals surface area contributed by atoms with Gasteiger partial charge in [0.15, 0.2) is 5.78 Å². The number of ether oxygens (including phenoxy) is 1. The average molecular weight is 402 g/mol. The van der Waals surface area contributed by atoms with Gasteiger partial charge in [0.05, 0.1) is 0 Å². The highest BCUT2D eigenvalue weighted by Gasteiger charge is 2.30. The lowest BCUT2D eigenvalue weighted by molar-refractivity contribution is -0.112. The molecule has 1 fully saturated rings. The summed E-state index contributed by atoms with van der Waals surface area (Å²) in [5.74, 6) is 0.0278. The molecule has 5 nitrogen and oxygen atoms in total. The molecule has 2 aromatic carbocycles. The number of carbonyl (C=O) groups is 2. The molecule has 1 atom stereocenters. The number of ketones is 1. The maximum Gasteiger partial charge on any atom is 0.410 e. The standard InChI is InChI=1S/C25H26N2O3/c1-18(28)9-10-19-11-12-24-23(14-19)21(16-26-24)15-22-8-5-13-27(22)25(29)30-17-20-6-3-2-4-7-20/h2-4,6-7,9-12,14,16,22,26H,5,8,13,15,17H2,1H3/b10-9+/t22-/m1/s1. The van der Waals surface area contributed by atoms with E-state index in [1.165, 1.54) is 5.56 Å². The minimum atomic E-state index is -0.244. The van der Waals surface area contributed by atoms with E-state index in [1.807, 2.05) is 59.6 Å². The number of aromatic amines is 1. The van der Waals surface area contributed by atoms with Crippen molar-refractivity contribution in [2.24, 2.45) is 0 Å².